The molecular weight excluding hydrogens is 224 g/mol. The van der Waals surface area contributed by atoms with Crippen LogP contribution in [0.5, 0.6) is 0 Å². The van der Waals surface area contributed by atoms with Crippen LogP contribution in [-0.4, -0.2) is 45.7 Å². The molecule has 0 bridgehead atoms. The van der Waals surface area contributed by atoms with Gasteiger partial charge >= 0.3 is 0 Å². The summed E-state index contributed by atoms with van der Waals surface area (Å²) in [5.41, 5.74) is 2.69. The summed E-state index contributed by atoms with van der Waals surface area (Å²) >= 11 is 0. The Bertz CT molecular complexity index is 279. The quantitative estimate of drug-likeness (QED) is 0.290. The Morgan fingerprint density at radius 3 is 2.50 bits per heavy atom. The number of nitrogens with two attached hydrogens (primary N) is 1. The number of hydrazine groups is 1. The SMILES string of the molecule is NNC(=NC1CCCC1)N1CCS(=O)CC1. The number of hydrogen-bond acceptors (Lipinski definition) is 3. The van der Waals surface area contributed by atoms with Crippen molar-refractivity contribution >= 4 is 16.8 Å². The molecule has 3 N–H and O–H groups in total. The second-order valence-corrected chi connectivity index (χ2v) is 6.07. The van der Waals surface area contributed by atoms with Crippen LogP contribution in [0.25, 0.3) is 0 Å². The summed E-state index contributed by atoms with van der Waals surface area (Å²) in [6, 6.07) is 0.429. The fourth-order valence-electron chi connectivity index (χ4n) is 2.27. The highest BCUT2D eigenvalue weighted by Gasteiger charge is 2.20. The molecule has 0 aromatic rings. The van der Waals surface area contributed by atoms with Crippen LogP contribution in [-0.2, 0) is 10.8 Å². The highest BCUT2D eigenvalue weighted by atomic mass is 32.2. The minimum Gasteiger partial charge on any atom is -0.340 e. The Kier molecular flexibility index (Phi) is 4.17. The van der Waals surface area contributed by atoms with Crippen molar-refractivity contribution < 1.29 is 4.21 Å². The van der Waals surface area contributed by atoms with E-state index in [1.165, 1.54) is 25.7 Å². The van der Waals surface area contributed by atoms with E-state index in [2.05, 4.69) is 15.3 Å². The summed E-state index contributed by atoms with van der Waals surface area (Å²) in [6.07, 6.45) is 4.89. The molecular formula is C10H20N4OS. The molecule has 16 heavy (non-hydrogen) atoms. The molecule has 0 aromatic heterocycles. The van der Waals surface area contributed by atoms with Crippen molar-refractivity contribution in [1.29, 1.82) is 0 Å². The van der Waals surface area contributed by atoms with E-state index >= 15 is 0 Å². The molecule has 0 amide bonds. The average Bonchev–Trinajstić information content (AvgIpc) is 2.80. The van der Waals surface area contributed by atoms with Crippen molar-refractivity contribution in [2.24, 2.45) is 10.8 Å². The molecule has 2 aliphatic rings. The molecule has 2 fully saturated rings. The van der Waals surface area contributed by atoms with Gasteiger partial charge in [-0.05, 0) is 12.8 Å². The van der Waals surface area contributed by atoms with Gasteiger partial charge in [0.1, 0.15) is 0 Å². The molecule has 6 heteroatoms. The first-order valence-corrected chi connectivity index (χ1v) is 7.43. The van der Waals surface area contributed by atoms with Gasteiger partial charge in [0.25, 0.3) is 0 Å². The van der Waals surface area contributed by atoms with Crippen LogP contribution >= 0.6 is 0 Å². The lowest BCUT2D eigenvalue weighted by Crippen LogP contribution is -2.50. The first kappa shape index (κ1) is 11.9. The van der Waals surface area contributed by atoms with Crippen molar-refractivity contribution in [2.45, 2.75) is 31.7 Å². The fourth-order valence-corrected chi connectivity index (χ4v) is 3.32. The Morgan fingerprint density at radius 1 is 1.31 bits per heavy atom. The van der Waals surface area contributed by atoms with Gasteiger partial charge in [0.2, 0.25) is 5.96 Å². The lowest BCUT2D eigenvalue weighted by Gasteiger charge is -2.29. The summed E-state index contributed by atoms with van der Waals surface area (Å²) in [5.74, 6) is 7.75. The molecule has 0 unspecified atom stereocenters. The van der Waals surface area contributed by atoms with Gasteiger partial charge in [0.15, 0.2) is 0 Å². The zero-order chi connectivity index (χ0) is 11.4. The van der Waals surface area contributed by atoms with Crippen LogP contribution in [0.3, 0.4) is 0 Å². The Hall–Kier alpha value is -0.620. The van der Waals surface area contributed by atoms with E-state index < -0.39 is 10.8 Å². The average molecular weight is 244 g/mol. The van der Waals surface area contributed by atoms with Crippen LogP contribution in [0.15, 0.2) is 4.99 Å². The zero-order valence-electron chi connectivity index (χ0n) is 9.52. The number of hydrogen-bond donors (Lipinski definition) is 2. The Morgan fingerprint density at radius 2 is 1.94 bits per heavy atom. The number of aliphatic imine (C=N–C) groups is 1. The molecule has 0 radical (unpaired) electrons. The molecule has 1 heterocycles. The summed E-state index contributed by atoms with van der Waals surface area (Å²) < 4.78 is 11.3. The van der Waals surface area contributed by atoms with Gasteiger partial charge < -0.3 is 4.90 Å². The topological polar surface area (TPSA) is 70.7 Å². The standard InChI is InChI=1S/C10H20N4OS/c11-13-10(12-9-3-1-2-4-9)14-5-7-16(15)8-6-14/h9H,1-8,11H2,(H,12,13). The second-order valence-electron chi connectivity index (χ2n) is 4.37. The zero-order valence-corrected chi connectivity index (χ0v) is 10.3. The van der Waals surface area contributed by atoms with Gasteiger partial charge in [-0.1, -0.05) is 12.8 Å². The van der Waals surface area contributed by atoms with Gasteiger partial charge in [-0.2, -0.15) is 0 Å². The van der Waals surface area contributed by atoms with Crippen molar-refractivity contribution in [2.75, 3.05) is 24.6 Å². The number of guanidine groups is 1. The van der Waals surface area contributed by atoms with Crippen molar-refractivity contribution in [3.05, 3.63) is 0 Å². The maximum atomic E-state index is 11.3. The number of rotatable bonds is 1. The summed E-state index contributed by atoms with van der Waals surface area (Å²) in [7, 11) is -0.649. The largest absolute Gasteiger partial charge is 0.340 e. The summed E-state index contributed by atoms with van der Waals surface area (Å²) in [4.78, 5) is 6.76. The lowest BCUT2D eigenvalue weighted by atomic mass is 10.3. The molecule has 2 rings (SSSR count). The predicted octanol–water partition coefficient (Wildman–Crippen LogP) is -0.187. The summed E-state index contributed by atoms with van der Waals surface area (Å²) in [5, 5.41) is 0. The van der Waals surface area contributed by atoms with E-state index in [9.17, 15) is 4.21 Å². The third kappa shape index (κ3) is 2.95. The van der Waals surface area contributed by atoms with E-state index in [0.29, 0.717) is 6.04 Å². The molecule has 92 valence electrons. The third-order valence-electron chi connectivity index (χ3n) is 3.24. The van der Waals surface area contributed by atoms with Gasteiger partial charge in [-0.25, -0.2) is 10.8 Å². The minimum absolute atomic E-state index is 0.429. The minimum atomic E-state index is -0.649. The van der Waals surface area contributed by atoms with E-state index in [4.69, 9.17) is 5.84 Å². The molecule has 0 aromatic carbocycles. The number of nitrogens with one attached hydrogen (secondary N) is 1. The van der Waals surface area contributed by atoms with E-state index in [-0.39, 0.29) is 0 Å². The van der Waals surface area contributed by atoms with Crippen LogP contribution < -0.4 is 11.3 Å². The van der Waals surface area contributed by atoms with Gasteiger partial charge in [0.05, 0.1) is 6.04 Å². The fraction of sp³-hybridized carbons (Fsp3) is 0.900. The second kappa shape index (κ2) is 5.63. The number of nitrogens with zero attached hydrogens (tertiary/aromatic N) is 2. The van der Waals surface area contributed by atoms with Crippen LogP contribution in [0, 0.1) is 0 Å². The van der Waals surface area contributed by atoms with Crippen molar-refractivity contribution in [1.82, 2.24) is 10.3 Å². The maximum Gasteiger partial charge on any atom is 0.208 e. The lowest BCUT2D eigenvalue weighted by molar-refractivity contribution is 0.432. The van der Waals surface area contributed by atoms with Gasteiger partial charge in [-0.15, -0.1) is 0 Å². The third-order valence-corrected chi connectivity index (χ3v) is 4.51. The molecule has 1 aliphatic heterocycles. The molecule has 1 saturated carbocycles. The maximum absolute atomic E-state index is 11.3. The Labute approximate surface area is 98.9 Å². The monoisotopic (exact) mass is 244 g/mol. The molecule has 1 aliphatic carbocycles. The highest BCUT2D eigenvalue weighted by Crippen LogP contribution is 2.21. The molecule has 0 spiro atoms. The van der Waals surface area contributed by atoms with Crippen LogP contribution in [0.1, 0.15) is 25.7 Å². The Balaban J connectivity index is 1.95. The van der Waals surface area contributed by atoms with Crippen molar-refractivity contribution in [3.8, 4) is 0 Å². The van der Waals surface area contributed by atoms with Gasteiger partial charge in [-0.3, -0.25) is 9.63 Å². The smallest absolute Gasteiger partial charge is 0.208 e. The van der Waals surface area contributed by atoms with E-state index in [0.717, 1.165) is 30.6 Å². The van der Waals surface area contributed by atoms with Gasteiger partial charge in [0, 0.05) is 35.4 Å². The van der Waals surface area contributed by atoms with Crippen LogP contribution in [0.2, 0.25) is 0 Å². The summed E-state index contributed by atoms with van der Waals surface area (Å²) in [6.45, 7) is 1.59. The first-order chi connectivity index (χ1) is 7.79. The van der Waals surface area contributed by atoms with Crippen molar-refractivity contribution in [3.63, 3.8) is 0 Å². The molecule has 0 atom stereocenters. The normalized spacial score (nSPS) is 25.1. The first-order valence-electron chi connectivity index (χ1n) is 5.94. The molecule has 1 saturated heterocycles. The van der Waals surface area contributed by atoms with E-state index in [1.807, 2.05) is 0 Å². The van der Waals surface area contributed by atoms with Crippen LogP contribution in [0.4, 0.5) is 0 Å². The highest BCUT2D eigenvalue weighted by molar-refractivity contribution is 7.85. The molecule has 5 nitrogen and oxygen atoms in total. The predicted molar refractivity (Wildman–Crippen MR) is 66.5 cm³/mol. The van der Waals surface area contributed by atoms with E-state index in [1.54, 1.807) is 0 Å².